The van der Waals surface area contributed by atoms with Crippen molar-refractivity contribution in [3.05, 3.63) is 35.9 Å². The van der Waals surface area contributed by atoms with E-state index in [0.717, 1.165) is 5.56 Å². The van der Waals surface area contributed by atoms with Crippen molar-refractivity contribution >= 4 is 15.9 Å². The van der Waals surface area contributed by atoms with Crippen LogP contribution in [0.1, 0.15) is 26.3 Å². The number of sulfonamides is 1. The van der Waals surface area contributed by atoms with Gasteiger partial charge >= 0.3 is 0 Å². The largest absolute Gasteiger partial charge is 0.352 e. The first-order chi connectivity index (χ1) is 11.8. The first-order valence-corrected chi connectivity index (χ1v) is 10.4. The van der Waals surface area contributed by atoms with Crippen molar-refractivity contribution < 1.29 is 13.2 Å². The van der Waals surface area contributed by atoms with Gasteiger partial charge in [0.2, 0.25) is 15.9 Å². The molecule has 1 aliphatic heterocycles. The molecule has 2 rings (SSSR count). The Balaban J connectivity index is 1.82. The number of amides is 1. The molecule has 1 fully saturated rings. The minimum atomic E-state index is -3.31. The van der Waals surface area contributed by atoms with Gasteiger partial charge in [-0.2, -0.15) is 4.31 Å². The summed E-state index contributed by atoms with van der Waals surface area (Å²) in [5.74, 6) is 0.422. The van der Waals surface area contributed by atoms with Gasteiger partial charge in [0.1, 0.15) is 0 Å². The number of nitrogens with one attached hydrogen (secondary N) is 1. The molecule has 6 nitrogen and oxygen atoms in total. The van der Waals surface area contributed by atoms with E-state index in [4.69, 9.17) is 0 Å². The molecule has 25 heavy (non-hydrogen) atoms. The number of carbonyl (C=O) groups excluding carboxylic acids is 1. The molecule has 0 spiro atoms. The van der Waals surface area contributed by atoms with Crippen molar-refractivity contribution in [3.8, 4) is 0 Å². The van der Waals surface area contributed by atoms with Gasteiger partial charge < -0.3 is 5.32 Å². The third-order valence-electron chi connectivity index (χ3n) is 4.67. The summed E-state index contributed by atoms with van der Waals surface area (Å²) >= 11 is 0. The summed E-state index contributed by atoms with van der Waals surface area (Å²) in [7, 11) is -3.31. The Morgan fingerprint density at radius 1 is 1.08 bits per heavy atom. The van der Waals surface area contributed by atoms with Crippen LogP contribution < -0.4 is 5.32 Å². The monoisotopic (exact) mass is 367 g/mol. The Hall–Kier alpha value is -1.44. The minimum absolute atomic E-state index is 0.00166. The highest BCUT2D eigenvalue weighted by molar-refractivity contribution is 7.88. The second kappa shape index (κ2) is 8.78. The van der Waals surface area contributed by atoms with Gasteiger partial charge in [-0.05, 0) is 18.4 Å². The molecule has 1 N–H and O–H groups in total. The highest BCUT2D eigenvalue weighted by Gasteiger charge is 2.28. The van der Waals surface area contributed by atoms with Crippen LogP contribution in [0, 0.1) is 5.92 Å². The normalized spacial score (nSPS) is 18.2. The van der Waals surface area contributed by atoms with Crippen LogP contribution in [0.2, 0.25) is 0 Å². The Bertz CT molecular complexity index is 653. The highest BCUT2D eigenvalue weighted by Crippen LogP contribution is 2.13. The molecule has 140 valence electrons. The Morgan fingerprint density at radius 2 is 1.68 bits per heavy atom. The van der Waals surface area contributed by atoms with Crippen molar-refractivity contribution in [3.63, 3.8) is 0 Å². The SMILES string of the molecule is CC(C)[C@@H](C)NC(=O)CN1CCN(S(=O)(=O)Cc2ccccc2)CC1. The summed E-state index contributed by atoms with van der Waals surface area (Å²) in [4.78, 5) is 14.1. The quantitative estimate of drug-likeness (QED) is 0.789. The third-order valence-corrected chi connectivity index (χ3v) is 6.52. The summed E-state index contributed by atoms with van der Waals surface area (Å²) < 4.78 is 26.6. The molecule has 0 radical (unpaired) electrons. The zero-order valence-electron chi connectivity index (χ0n) is 15.3. The second-order valence-electron chi connectivity index (χ2n) is 7.02. The van der Waals surface area contributed by atoms with Gasteiger partial charge in [-0.25, -0.2) is 8.42 Å². The fourth-order valence-electron chi connectivity index (χ4n) is 2.71. The summed E-state index contributed by atoms with van der Waals surface area (Å²) in [5, 5.41) is 2.99. The summed E-state index contributed by atoms with van der Waals surface area (Å²) in [6.45, 7) is 8.49. The Morgan fingerprint density at radius 3 is 2.24 bits per heavy atom. The molecule has 0 aromatic heterocycles. The van der Waals surface area contributed by atoms with Gasteiger partial charge in [-0.1, -0.05) is 44.2 Å². The van der Waals surface area contributed by atoms with Crippen molar-refractivity contribution in [2.45, 2.75) is 32.6 Å². The van der Waals surface area contributed by atoms with Gasteiger partial charge in [-0.15, -0.1) is 0 Å². The van der Waals surface area contributed by atoms with Gasteiger partial charge in [-0.3, -0.25) is 9.69 Å². The van der Waals surface area contributed by atoms with E-state index in [-0.39, 0.29) is 17.7 Å². The van der Waals surface area contributed by atoms with Gasteiger partial charge in [0.25, 0.3) is 0 Å². The van der Waals surface area contributed by atoms with Crippen LogP contribution in [-0.2, 0) is 20.6 Å². The van der Waals surface area contributed by atoms with Crippen LogP contribution >= 0.6 is 0 Å². The average molecular weight is 368 g/mol. The zero-order valence-corrected chi connectivity index (χ0v) is 16.1. The van der Waals surface area contributed by atoms with Gasteiger partial charge in [0.05, 0.1) is 12.3 Å². The van der Waals surface area contributed by atoms with Crippen molar-refractivity contribution in [1.29, 1.82) is 0 Å². The van der Waals surface area contributed by atoms with Crippen LogP contribution in [-0.4, -0.2) is 62.3 Å². The fraction of sp³-hybridized carbons (Fsp3) is 0.611. The van der Waals surface area contributed by atoms with E-state index in [2.05, 4.69) is 19.2 Å². The van der Waals surface area contributed by atoms with E-state index in [1.54, 1.807) is 0 Å². The number of carbonyl (C=O) groups is 1. The molecule has 1 atom stereocenters. The van der Waals surface area contributed by atoms with Crippen LogP contribution in [0.3, 0.4) is 0 Å². The lowest BCUT2D eigenvalue weighted by molar-refractivity contribution is -0.123. The smallest absolute Gasteiger partial charge is 0.234 e. The molecule has 1 amide bonds. The molecule has 0 unspecified atom stereocenters. The molecule has 0 aliphatic carbocycles. The van der Waals surface area contributed by atoms with E-state index in [1.165, 1.54) is 4.31 Å². The number of rotatable bonds is 7. The molecule has 1 aromatic carbocycles. The highest BCUT2D eigenvalue weighted by atomic mass is 32.2. The van der Waals surface area contributed by atoms with E-state index in [0.29, 0.717) is 38.6 Å². The molecule has 0 saturated carbocycles. The molecule has 1 saturated heterocycles. The predicted molar refractivity (Wildman–Crippen MR) is 99.5 cm³/mol. The molecule has 1 aliphatic rings. The lowest BCUT2D eigenvalue weighted by Crippen LogP contribution is -2.52. The molecular formula is C18H29N3O3S. The molecular weight excluding hydrogens is 338 g/mol. The summed E-state index contributed by atoms with van der Waals surface area (Å²) in [6, 6.07) is 9.36. The lowest BCUT2D eigenvalue weighted by atomic mass is 10.1. The van der Waals surface area contributed by atoms with E-state index in [9.17, 15) is 13.2 Å². The van der Waals surface area contributed by atoms with Crippen molar-refractivity contribution in [1.82, 2.24) is 14.5 Å². The Labute approximate surface area is 151 Å². The average Bonchev–Trinajstić information content (AvgIpc) is 2.55. The number of piperazine rings is 1. The van der Waals surface area contributed by atoms with Crippen molar-refractivity contribution in [2.24, 2.45) is 5.92 Å². The molecule has 7 heteroatoms. The number of hydrogen-bond acceptors (Lipinski definition) is 4. The minimum Gasteiger partial charge on any atom is -0.352 e. The van der Waals surface area contributed by atoms with Gasteiger partial charge in [0.15, 0.2) is 0 Å². The van der Waals surface area contributed by atoms with Crippen LogP contribution in [0.4, 0.5) is 0 Å². The van der Waals surface area contributed by atoms with Crippen LogP contribution in [0.5, 0.6) is 0 Å². The van der Waals surface area contributed by atoms with E-state index >= 15 is 0 Å². The maximum absolute atomic E-state index is 12.5. The lowest BCUT2D eigenvalue weighted by Gasteiger charge is -2.33. The first kappa shape index (κ1) is 19.9. The molecule has 1 aromatic rings. The standard InChI is InChI=1S/C18H29N3O3S/c1-15(2)16(3)19-18(22)13-20-9-11-21(12-10-20)25(23,24)14-17-7-5-4-6-8-17/h4-8,15-16H,9-14H2,1-3H3,(H,19,22)/t16-/m1/s1. The number of nitrogens with zero attached hydrogens (tertiary/aromatic N) is 2. The number of benzene rings is 1. The van der Waals surface area contributed by atoms with E-state index in [1.807, 2.05) is 42.2 Å². The zero-order chi connectivity index (χ0) is 18.4. The number of hydrogen-bond donors (Lipinski definition) is 1. The molecule has 1 heterocycles. The van der Waals surface area contributed by atoms with Crippen molar-refractivity contribution in [2.75, 3.05) is 32.7 Å². The van der Waals surface area contributed by atoms with E-state index < -0.39 is 10.0 Å². The topological polar surface area (TPSA) is 69.7 Å². The summed E-state index contributed by atoms with van der Waals surface area (Å²) in [5.41, 5.74) is 0.798. The predicted octanol–water partition coefficient (Wildman–Crippen LogP) is 1.29. The maximum atomic E-state index is 12.5. The maximum Gasteiger partial charge on any atom is 0.234 e. The second-order valence-corrected chi connectivity index (χ2v) is 8.99. The Kier molecular flexibility index (Phi) is 6.98. The van der Waals surface area contributed by atoms with Crippen LogP contribution in [0.15, 0.2) is 30.3 Å². The van der Waals surface area contributed by atoms with Crippen LogP contribution in [0.25, 0.3) is 0 Å². The first-order valence-electron chi connectivity index (χ1n) is 8.81. The summed E-state index contributed by atoms with van der Waals surface area (Å²) in [6.07, 6.45) is 0. The molecule has 0 bridgehead atoms. The van der Waals surface area contributed by atoms with Gasteiger partial charge in [0, 0.05) is 32.2 Å². The fourth-order valence-corrected chi connectivity index (χ4v) is 4.23. The third kappa shape index (κ3) is 6.09.